The van der Waals surface area contributed by atoms with Crippen LogP contribution in [0, 0.1) is 0 Å². The molecular weight excluding hydrogens is 448 g/mol. The fourth-order valence-electron chi connectivity index (χ4n) is 1.08. The van der Waals surface area contributed by atoms with Gasteiger partial charge in [-0.2, -0.15) is 0 Å². The van der Waals surface area contributed by atoms with Gasteiger partial charge in [-0.15, -0.1) is 0 Å². The van der Waals surface area contributed by atoms with Crippen molar-refractivity contribution in [1.29, 1.82) is 0 Å². The van der Waals surface area contributed by atoms with Gasteiger partial charge in [0.1, 0.15) is 3.23 Å². The third-order valence-electron chi connectivity index (χ3n) is 1.84. The van der Waals surface area contributed by atoms with E-state index in [9.17, 15) is 0 Å². The highest BCUT2D eigenvalue weighted by Gasteiger charge is 2.31. The zero-order chi connectivity index (χ0) is 10.6. The Hall–Kier alpha value is 1.84. The summed E-state index contributed by atoms with van der Waals surface area (Å²) in [6.45, 7) is 1.28. The van der Waals surface area contributed by atoms with E-state index >= 15 is 0 Å². The molecule has 0 radical (unpaired) electrons. The van der Waals surface area contributed by atoms with Crippen molar-refractivity contribution in [3.63, 3.8) is 0 Å². The second-order valence-electron chi connectivity index (χ2n) is 3.24. The second kappa shape index (κ2) is 6.55. The molecule has 2 nitrogen and oxygen atoms in total. The molecule has 84 valence electrons. The van der Waals surface area contributed by atoms with E-state index < -0.39 is 0 Å². The molecule has 1 heterocycles. The molecular formula is C8H12Br4O2. The molecule has 0 N–H and O–H groups in total. The Kier molecular flexibility index (Phi) is 6.50. The van der Waals surface area contributed by atoms with E-state index in [-0.39, 0.29) is 9.52 Å². The van der Waals surface area contributed by atoms with Crippen molar-refractivity contribution in [2.45, 2.75) is 27.2 Å². The largest absolute Gasteiger partial charge is 0.350 e. The monoisotopic (exact) mass is 456 g/mol. The van der Waals surface area contributed by atoms with Crippen LogP contribution in [0.5, 0.6) is 0 Å². The number of hydrogen-bond donors (Lipinski definition) is 0. The Balaban J connectivity index is 2.16. The molecule has 0 bridgehead atoms. The minimum Gasteiger partial charge on any atom is -0.350 e. The van der Waals surface area contributed by atoms with Gasteiger partial charge in [0.2, 0.25) is 0 Å². The van der Waals surface area contributed by atoms with Crippen LogP contribution < -0.4 is 0 Å². The van der Waals surface area contributed by atoms with E-state index in [0.29, 0.717) is 18.0 Å². The second-order valence-corrected chi connectivity index (χ2v) is 9.28. The van der Waals surface area contributed by atoms with Crippen LogP contribution in [0.25, 0.3) is 0 Å². The minimum atomic E-state index is -0.195. The van der Waals surface area contributed by atoms with Gasteiger partial charge in [-0.1, -0.05) is 63.7 Å². The van der Waals surface area contributed by atoms with E-state index in [1.165, 1.54) is 0 Å². The SMILES string of the molecule is BrCC(Br)CCC1OCC(Br)(Br)CO1. The summed E-state index contributed by atoms with van der Waals surface area (Å²) in [4.78, 5) is 0.495. The molecule has 0 spiro atoms. The van der Waals surface area contributed by atoms with Gasteiger partial charge in [-0.05, 0) is 12.8 Å². The third kappa shape index (κ3) is 5.25. The molecule has 0 aliphatic carbocycles. The van der Waals surface area contributed by atoms with Gasteiger partial charge < -0.3 is 9.47 Å². The molecule has 14 heavy (non-hydrogen) atoms. The van der Waals surface area contributed by atoms with Gasteiger partial charge in [0.15, 0.2) is 6.29 Å². The van der Waals surface area contributed by atoms with Gasteiger partial charge in [0, 0.05) is 10.2 Å². The van der Waals surface area contributed by atoms with E-state index in [1.54, 1.807) is 0 Å². The van der Waals surface area contributed by atoms with Gasteiger partial charge in [-0.3, -0.25) is 0 Å². The number of alkyl halides is 4. The summed E-state index contributed by atoms with van der Waals surface area (Å²) in [5.74, 6) is 0. The summed E-state index contributed by atoms with van der Waals surface area (Å²) < 4.78 is 10.9. The van der Waals surface area contributed by atoms with Gasteiger partial charge in [0.25, 0.3) is 0 Å². The van der Waals surface area contributed by atoms with Crippen molar-refractivity contribution in [2.75, 3.05) is 18.5 Å². The molecule has 1 fully saturated rings. The summed E-state index contributed by atoms with van der Waals surface area (Å²) in [5.41, 5.74) is 0. The first kappa shape index (κ1) is 13.9. The van der Waals surface area contributed by atoms with Crippen LogP contribution in [0.1, 0.15) is 12.8 Å². The fraction of sp³-hybridized carbons (Fsp3) is 1.00. The predicted octanol–water partition coefficient (Wildman–Crippen LogP) is 3.78. The summed E-state index contributed by atoms with van der Waals surface area (Å²) in [6, 6.07) is 0. The Bertz CT molecular complexity index is 167. The Morgan fingerprint density at radius 3 is 2.36 bits per heavy atom. The average molecular weight is 460 g/mol. The first-order valence-corrected chi connectivity index (χ1v) is 7.97. The van der Waals surface area contributed by atoms with Crippen molar-refractivity contribution in [2.24, 2.45) is 0 Å². The van der Waals surface area contributed by atoms with E-state index in [0.717, 1.165) is 18.2 Å². The Morgan fingerprint density at radius 2 is 1.86 bits per heavy atom. The predicted molar refractivity (Wildman–Crippen MR) is 72.0 cm³/mol. The van der Waals surface area contributed by atoms with Gasteiger partial charge >= 0.3 is 0 Å². The van der Waals surface area contributed by atoms with Crippen LogP contribution in [-0.4, -0.2) is 32.9 Å². The van der Waals surface area contributed by atoms with E-state index in [2.05, 4.69) is 63.7 Å². The highest BCUT2D eigenvalue weighted by Crippen LogP contribution is 2.32. The summed E-state index contributed by atoms with van der Waals surface area (Å²) in [7, 11) is 0. The highest BCUT2D eigenvalue weighted by molar-refractivity contribution is 9.25. The molecule has 1 unspecified atom stereocenters. The van der Waals surface area contributed by atoms with Crippen molar-refractivity contribution >= 4 is 63.7 Å². The molecule has 0 aromatic heterocycles. The van der Waals surface area contributed by atoms with Crippen LogP contribution in [-0.2, 0) is 9.47 Å². The van der Waals surface area contributed by atoms with Crippen LogP contribution in [0.15, 0.2) is 0 Å². The van der Waals surface area contributed by atoms with Crippen molar-refractivity contribution in [3.8, 4) is 0 Å². The molecule has 1 atom stereocenters. The Morgan fingerprint density at radius 1 is 1.29 bits per heavy atom. The number of ether oxygens (including phenoxy) is 2. The van der Waals surface area contributed by atoms with Crippen molar-refractivity contribution < 1.29 is 9.47 Å². The lowest BCUT2D eigenvalue weighted by Gasteiger charge is -2.32. The van der Waals surface area contributed by atoms with Crippen LogP contribution in [0.2, 0.25) is 0 Å². The maximum atomic E-state index is 5.54. The lowest BCUT2D eigenvalue weighted by atomic mass is 10.2. The molecule has 0 aromatic carbocycles. The van der Waals surface area contributed by atoms with Crippen LogP contribution in [0.3, 0.4) is 0 Å². The Labute approximate surface area is 118 Å². The van der Waals surface area contributed by atoms with Gasteiger partial charge in [0.05, 0.1) is 13.2 Å². The first-order chi connectivity index (χ1) is 6.53. The number of halogens is 4. The third-order valence-corrected chi connectivity index (χ3v) is 5.19. The first-order valence-electron chi connectivity index (χ1n) is 4.34. The maximum Gasteiger partial charge on any atom is 0.157 e. The molecule has 6 heteroatoms. The lowest BCUT2D eigenvalue weighted by Crippen LogP contribution is -2.38. The molecule has 0 saturated carbocycles. The smallest absolute Gasteiger partial charge is 0.157 e. The fourth-order valence-corrected chi connectivity index (χ4v) is 2.20. The van der Waals surface area contributed by atoms with Gasteiger partial charge in [-0.25, -0.2) is 0 Å². The van der Waals surface area contributed by atoms with Crippen LogP contribution >= 0.6 is 63.7 Å². The van der Waals surface area contributed by atoms with E-state index in [1.807, 2.05) is 0 Å². The number of rotatable bonds is 4. The zero-order valence-electron chi connectivity index (χ0n) is 7.52. The van der Waals surface area contributed by atoms with Crippen molar-refractivity contribution in [1.82, 2.24) is 0 Å². The molecule has 0 amide bonds. The normalized spacial score (nSPS) is 24.9. The van der Waals surface area contributed by atoms with E-state index in [4.69, 9.17) is 9.47 Å². The van der Waals surface area contributed by atoms with Crippen molar-refractivity contribution in [3.05, 3.63) is 0 Å². The molecule has 1 aliphatic rings. The summed E-state index contributed by atoms with van der Waals surface area (Å²) in [5, 5.41) is 0.959. The maximum absolute atomic E-state index is 5.54. The summed E-state index contributed by atoms with van der Waals surface area (Å²) >= 11 is 13.9. The molecule has 1 rings (SSSR count). The average Bonchev–Trinajstić information content (AvgIpc) is 2.16. The number of hydrogen-bond acceptors (Lipinski definition) is 2. The lowest BCUT2D eigenvalue weighted by molar-refractivity contribution is -0.181. The molecule has 0 aromatic rings. The topological polar surface area (TPSA) is 18.5 Å². The van der Waals surface area contributed by atoms with Crippen LogP contribution in [0.4, 0.5) is 0 Å². The zero-order valence-corrected chi connectivity index (χ0v) is 13.9. The highest BCUT2D eigenvalue weighted by atomic mass is 79.9. The minimum absolute atomic E-state index is 0.0580. The quantitative estimate of drug-likeness (QED) is 0.596. The standard InChI is InChI=1S/C8H12Br4O2/c9-3-6(10)1-2-7-13-4-8(11,12)5-14-7/h6-7H,1-5H2. The molecule has 1 saturated heterocycles. The summed E-state index contributed by atoms with van der Waals surface area (Å²) in [6.07, 6.45) is 1.92. The molecule has 1 aliphatic heterocycles.